The Morgan fingerprint density at radius 3 is 1.38 bits per heavy atom. The van der Waals surface area contributed by atoms with Crippen LogP contribution in [-0.2, 0) is 57.2 Å². The molecule has 12 unspecified atom stereocenters. The van der Waals surface area contributed by atoms with Gasteiger partial charge in [0.2, 0.25) is 0 Å². The number of carboxylic acid groups (broad SMARTS) is 2. The van der Waals surface area contributed by atoms with Crippen LogP contribution >= 0.6 is 0 Å². The predicted octanol–water partition coefficient (Wildman–Crippen LogP) is 13.8. The predicted molar refractivity (Wildman–Crippen MR) is 302 cm³/mol. The second-order valence-corrected chi connectivity index (χ2v) is 25.6. The fourth-order valence-corrected chi connectivity index (χ4v) is 11.6. The van der Waals surface area contributed by atoms with Crippen LogP contribution in [0.3, 0.4) is 0 Å². The molecule has 0 spiro atoms. The number of carbonyl (C=O) groups excluding carboxylic acids is 5. The van der Waals surface area contributed by atoms with Gasteiger partial charge in [0.1, 0.15) is 25.4 Å². The number of aliphatic carboxylic acids is 2. The summed E-state index contributed by atoms with van der Waals surface area (Å²) in [6, 6.07) is 10.6. The van der Waals surface area contributed by atoms with Crippen LogP contribution in [0.25, 0.3) is 0 Å². The molecule has 6 fully saturated rings. The SMILES string of the molecule is C=CC(=O)OCC(COC(=O)C(C)(C)CC)OC(=O)CCC(=O)O.CCC(C)(C)C(=O)O.CCC(C)(C)C(=O)OC1CC2CC1C1CCCC21.CCC(C)(C)C(=O)OC1CC2CC1C1CCCC21.CCC(C)c1ccccc1. The van der Waals surface area contributed by atoms with Gasteiger partial charge >= 0.3 is 41.8 Å². The number of benzene rings is 1. The number of hydrogen-bond acceptors (Lipinski definition) is 12. The van der Waals surface area contributed by atoms with Crippen molar-refractivity contribution in [1.29, 1.82) is 0 Å². The minimum atomic E-state index is -1.14. The number of carbonyl (C=O) groups is 7. The summed E-state index contributed by atoms with van der Waals surface area (Å²) in [6.07, 6.45) is 17.3. The van der Waals surface area contributed by atoms with Gasteiger partial charge in [-0.15, -0.1) is 0 Å². The molecule has 12 atom stereocenters. The smallest absolute Gasteiger partial charge is 0.330 e. The Hall–Kier alpha value is -4.75. The standard InChI is InChI=1S/C16H24O8.2C16H26O2.C10H14.C6H12O2/c1-5-13(19)22-9-11(24-14(20)8-7-12(17)18)10-23-15(21)16(3,4)6-2;2*1-4-16(2,3)15(17)18-14-9-10-8-13(14)12-7-5-6-11(10)12;1-3-9(2)10-7-5-4-6-8-10;1-4-6(2,3)5(7)8/h5,11H,1,6-10H2,2-4H3,(H,17,18);2*10-14H,4-9H2,1-3H3;4-9H,3H2,1-2H3;4H2,1-3H3,(H,7,8). The fourth-order valence-electron chi connectivity index (χ4n) is 11.6. The van der Waals surface area contributed by atoms with E-state index in [9.17, 15) is 33.6 Å². The highest BCUT2D eigenvalue weighted by atomic mass is 16.6. The maximum Gasteiger partial charge on any atom is 0.330 e. The minimum absolute atomic E-state index is 0.0251. The van der Waals surface area contributed by atoms with Gasteiger partial charge in [-0.1, -0.05) is 91.3 Å². The lowest BCUT2D eigenvalue weighted by atomic mass is 9.80. The van der Waals surface area contributed by atoms with E-state index in [0.717, 1.165) is 67.3 Å². The molecule has 0 saturated heterocycles. The van der Waals surface area contributed by atoms with Crippen molar-refractivity contribution in [3.8, 4) is 0 Å². The highest BCUT2D eigenvalue weighted by Crippen LogP contribution is 2.60. The molecule has 78 heavy (non-hydrogen) atoms. The first kappa shape index (κ1) is 67.5. The summed E-state index contributed by atoms with van der Waals surface area (Å²) in [7, 11) is 0. The van der Waals surface area contributed by atoms with Crippen molar-refractivity contribution < 1.29 is 67.5 Å². The molecule has 0 heterocycles. The van der Waals surface area contributed by atoms with E-state index in [2.05, 4.69) is 64.6 Å². The molecule has 0 aromatic heterocycles. The van der Waals surface area contributed by atoms with Crippen LogP contribution in [0.1, 0.15) is 218 Å². The normalized spacial score (nSPS) is 25.9. The van der Waals surface area contributed by atoms with Gasteiger partial charge in [-0.3, -0.25) is 28.8 Å². The lowest BCUT2D eigenvalue weighted by Crippen LogP contribution is -2.36. The summed E-state index contributed by atoms with van der Waals surface area (Å²) >= 11 is 0. The van der Waals surface area contributed by atoms with Crippen LogP contribution in [0.5, 0.6) is 0 Å². The molecule has 0 radical (unpaired) electrons. The zero-order valence-corrected chi connectivity index (χ0v) is 50.3. The molecule has 6 aliphatic rings. The highest BCUT2D eigenvalue weighted by Gasteiger charge is 2.57. The molecule has 0 amide bonds. The van der Waals surface area contributed by atoms with E-state index in [1.807, 2.05) is 41.5 Å². The molecule has 1 aromatic rings. The molecular weight excluding hydrogens is 993 g/mol. The van der Waals surface area contributed by atoms with Gasteiger partial charge in [0.15, 0.2) is 6.10 Å². The van der Waals surface area contributed by atoms with Crippen molar-refractivity contribution in [2.75, 3.05) is 13.2 Å². The molecule has 7 rings (SSSR count). The first-order valence-corrected chi connectivity index (χ1v) is 29.6. The maximum atomic E-state index is 12.2. The summed E-state index contributed by atoms with van der Waals surface area (Å²) in [5, 5.41) is 17.0. The van der Waals surface area contributed by atoms with Crippen LogP contribution in [0.15, 0.2) is 43.0 Å². The first-order valence-electron chi connectivity index (χ1n) is 29.6. The topological polar surface area (TPSA) is 206 Å². The lowest BCUT2D eigenvalue weighted by Gasteiger charge is -2.33. The molecule has 1 aromatic carbocycles. The lowest BCUT2D eigenvalue weighted by molar-refractivity contribution is -0.169. The molecule has 0 aliphatic heterocycles. The van der Waals surface area contributed by atoms with Gasteiger partial charge in [0.25, 0.3) is 0 Å². The summed E-state index contributed by atoms with van der Waals surface area (Å²) < 4.78 is 26.6. The molecule has 6 aliphatic carbocycles. The molecule has 2 N–H and O–H groups in total. The Bertz CT molecular complexity index is 2040. The van der Waals surface area contributed by atoms with Gasteiger partial charge in [0.05, 0.1) is 34.5 Å². The largest absolute Gasteiger partial charge is 0.481 e. The number of fused-ring (bicyclic) bond motifs is 10. The third kappa shape index (κ3) is 19.5. The number of esters is 5. The van der Waals surface area contributed by atoms with E-state index >= 15 is 0 Å². The van der Waals surface area contributed by atoms with Gasteiger partial charge in [-0.2, -0.15) is 0 Å². The average molecular weight is 1100 g/mol. The number of rotatable bonds is 21. The van der Waals surface area contributed by atoms with E-state index in [1.165, 1.54) is 63.4 Å². The third-order valence-electron chi connectivity index (χ3n) is 18.8. The van der Waals surface area contributed by atoms with Gasteiger partial charge in [-0.05, 0) is 198 Å². The van der Waals surface area contributed by atoms with Crippen molar-refractivity contribution >= 4 is 41.8 Å². The van der Waals surface area contributed by atoms with Crippen molar-refractivity contribution in [3.05, 3.63) is 48.6 Å². The molecule has 14 heteroatoms. The minimum Gasteiger partial charge on any atom is -0.481 e. The van der Waals surface area contributed by atoms with Crippen molar-refractivity contribution in [3.63, 3.8) is 0 Å². The highest BCUT2D eigenvalue weighted by molar-refractivity contribution is 5.81. The van der Waals surface area contributed by atoms with E-state index in [4.69, 9.17) is 33.9 Å². The third-order valence-corrected chi connectivity index (χ3v) is 18.8. The second kappa shape index (κ2) is 30.7. The molecule has 6 saturated carbocycles. The molecule has 14 nitrogen and oxygen atoms in total. The average Bonchev–Trinajstić information content (AvgIpc) is 4.31. The number of ether oxygens (including phenoxy) is 5. The van der Waals surface area contributed by atoms with Gasteiger partial charge < -0.3 is 33.9 Å². The Kier molecular flexibility index (Phi) is 26.6. The monoisotopic (exact) mass is 1090 g/mol. The van der Waals surface area contributed by atoms with Crippen LogP contribution in [0.4, 0.5) is 0 Å². The zero-order valence-electron chi connectivity index (χ0n) is 50.3. The Balaban J connectivity index is 0.000000268. The Morgan fingerprint density at radius 2 is 1.00 bits per heavy atom. The Morgan fingerprint density at radius 1 is 0.577 bits per heavy atom. The summed E-state index contributed by atoms with van der Waals surface area (Å²) in [6.45, 7) is 29.8. The number of hydrogen-bond donors (Lipinski definition) is 2. The Labute approximate surface area is 468 Å². The van der Waals surface area contributed by atoms with Gasteiger partial charge in [0, 0.05) is 6.08 Å². The quantitative estimate of drug-likeness (QED) is 0.0667. The molecule has 4 bridgehead atoms. The number of carboxylic acids is 2. The summed E-state index contributed by atoms with van der Waals surface area (Å²) in [5.74, 6) is 3.74. The molecular formula is C64H102O14. The zero-order chi connectivity index (χ0) is 58.8. The van der Waals surface area contributed by atoms with Crippen LogP contribution in [0.2, 0.25) is 0 Å². The van der Waals surface area contributed by atoms with Crippen LogP contribution < -0.4 is 0 Å². The van der Waals surface area contributed by atoms with Crippen molar-refractivity contribution in [1.82, 2.24) is 0 Å². The first-order chi connectivity index (χ1) is 36.5. The van der Waals surface area contributed by atoms with E-state index in [0.29, 0.717) is 30.6 Å². The fraction of sp³-hybridized carbons (Fsp3) is 0.766. The molecule has 442 valence electrons. The van der Waals surface area contributed by atoms with Crippen molar-refractivity contribution in [2.45, 2.75) is 230 Å². The van der Waals surface area contributed by atoms with Crippen LogP contribution in [-0.4, -0.2) is 83.5 Å². The summed E-state index contributed by atoms with van der Waals surface area (Å²) in [5.41, 5.74) is -0.409. The van der Waals surface area contributed by atoms with E-state index in [-0.39, 0.29) is 61.0 Å². The summed E-state index contributed by atoms with van der Waals surface area (Å²) in [4.78, 5) is 79.7. The second-order valence-electron chi connectivity index (χ2n) is 25.6. The maximum absolute atomic E-state index is 12.2. The van der Waals surface area contributed by atoms with E-state index < -0.39 is 46.8 Å². The van der Waals surface area contributed by atoms with Crippen molar-refractivity contribution in [2.24, 2.45) is 69.0 Å². The van der Waals surface area contributed by atoms with E-state index in [1.54, 1.807) is 27.7 Å². The van der Waals surface area contributed by atoms with Crippen LogP contribution in [0, 0.1) is 69.0 Å². The van der Waals surface area contributed by atoms with Gasteiger partial charge in [-0.25, -0.2) is 4.79 Å².